The minimum absolute atomic E-state index is 0.462. The highest BCUT2D eigenvalue weighted by Crippen LogP contribution is 2.30. The van der Waals surface area contributed by atoms with Crippen molar-refractivity contribution in [1.29, 1.82) is 5.26 Å². The van der Waals surface area contributed by atoms with Gasteiger partial charge in [-0.15, -0.1) is 0 Å². The molecule has 17 heavy (non-hydrogen) atoms. The summed E-state index contributed by atoms with van der Waals surface area (Å²) >= 11 is 0. The standard InChI is InChI=1S/C13H18N4/c14-8-13-11-9-15-7-6-12(11)16-17(13)10-4-2-1-3-5-10/h10,15H,1-7,9H2. The average Bonchev–Trinajstić information content (AvgIpc) is 2.78. The monoisotopic (exact) mass is 230 g/mol. The van der Waals surface area contributed by atoms with Crippen LogP contribution >= 0.6 is 0 Å². The van der Waals surface area contributed by atoms with Gasteiger partial charge in [-0.2, -0.15) is 10.4 Å². The van der Waals surface area contributed by atoms with E-state index in [1.54, 1.807) is 0 Å². The fraction of sp³-hybridized carbons (Fsp3) is 0.692. The molecule has 1 N–H and O–H groups in total. The van der Waals surface area contributed by atoms with Gasteiger partial charge in [-0.05, 0) is 12.8 Å². The molecule has 0 amide bonds. The normalized spacial score (nSPS) is 20.9. The van der Waals surface area contributed by atoms with Gasteiger partial charge in [0, 0.05) is 25.1 Å². The lowest BCUT2D eigenvalue weighted by molar-refractivity contribution is 0.326. The van der Waals surface area contributed by atoms with Gasteiger partial charge in [-0.3, -0.25) is 4.68 Å². The Morgan fingerprint density at radius 3 is 2.88 bits per heavy atom. The molecule has 0 atom stereocenters. The zero-order valence-electron chi connectivity index (χ0n) is 10.1. The van der Waals surface area contributed by atoms with Crippen LogP contribution in [0.15, 0.2) is 0 Å². The molecule has 0 spiro atoms. The van der Waals surface area contributed by atoms with Gasteiger partial charge in [0.25, 0.3) is 0 Å². The molecule has 1 fully saturated rings. The highest BCUT2D eigenvalue weighted by atomic mass is 15.3. The van der Waals surface area contributed by atoms with Crippen molar-refractivity contribution >= 4 is 0 Å². The average molecular weight is 230 g/mol. The summed E-state index contributed by atoms with van der Waals surface area (Å²) < 4.78 is 2.02. The molecule has 1 aromatic rings. The predicted molar refractivity (Wildman–Crippen MR) is 64.5 cm³/mol. The Balaban J connectivity index is 1.98. The van der Waals surface area contributed by atoms with E-state index >= 15 is 0 Å². The smallest absolute Gasteiger partial charge is 0.143 e. The molecule has 4 nitrogen and oxygen atoms in total. The van der Waals surface area contributed by atoms with Crippen LogP contribution in [0.3, 0.4) is 0 Å². The van der Waals surface area contributed by atoms with Crippen LogP contribution in [0.1, 0.15) is 55.1 Å². The second-order valence-corrected chi connectivity index (χ2v) is 5.05. The van der Waals surface area contributed by atoms with Gasteiger partial charge in [0.15, 0.2) is 0 Å². The molecule has 2 heterocycles. The van der Waals surface area contributed by atoms with Gasteiger partial charge >= 0.3 is 0 Å². The molecule has 1 saturated carbocycles. The van der Waals surface area contributed by atoms with Gasteiger partial charge in [0.2, 0.25) is 0 Å². The Bertz CT molecular complexity index is 449. The Kier molecular flexibility index (Phi) is 2.86. The zero-order chi connectivity index (χ0) is 11.7. The highest BCUT2D eigenvalue weighted by molar-refractivity contribution is 5.37. The largest absolute Gasteiger partial charge is 0.312 e. The molecule has 0 unspecified atom stereocenters. The minimum Gasteiger partial charge on any atom is -0.312 e. The van der Waals surface area contributed by atoms with E-state index in [0.29, 0.717) is 6.04 Å². The van der Waals surface area contributed by atoms with E-state index in [0.717, 1.165) is 36.5 Å². The Morgan fingerprint density at radius 1 is 1.29 bits per heavy atom. The molecular formula is C13H18N4. The van der Waals surface area contributed by atoms with E-state index < -0.39 is 0 Å². The molecule has 0 aromatic carbocycles. The maximum Gasteiger partial charge on any atom is 0.143 e. The summed E-state index contributed by atoms with van der Waals surface area (Å²) in [5, 5.41) is 17.4. The van der Waals surface area contributed by atoms with E-state index in [1.165, 1.54) is 32.1 Å². The second kappa shape index (κ2) is 4.50. The first-order chi connectivity index (χ1) is 8.40. The number of nitrogens with zero attached hydrogens (tertiary/aromatic N) is 3. The topological polar surface area (TPSA) is 53.6 Å². The number of hydrogen-bond acceptors (Lipinski definition) is 3. The van der Waals surface area contributed by atoms with Gasteiger partial charge < -0.3 is 5.32 Å². The molecule has 0 saturated heterocycles. The van der Waals surface area contributed by atoms with Crippen molar-refractivity contribution in [3.05, 3.63) is 17.0 Å². The molecule has 0 bridgehead atoms. The third kappa shape index (κ3) is 1.85. The third-order valence-corrected chi connectivity index (χ3v) is 3.96. The van der Waals surface area contributed by atoms with Crippen LogP contribution in [-0.4, -0.2) is 16.3 Å². The van der Waals surface area contributed by atoms with E-state index in [2.05, 4.69) is 11.4 Å². The van der Waals surface area contributed by atoms with Crippen molar-refractivity contribution in [3.63, 3.8) is 0 Å². The van der Waals surface area contributed by atoms with Gasteiger partial charge in [0.05, 0.1) is 11.7 Å². The SMILES string of the molecule is N#Cc1c2c(nn1C1CCCCC1)CCNC2. The predicted octanol–water partition coefficient (Wildman–Crippen LogP) is 1.91. The van der Waals surface area contributed by atoms with Crippen LogP contribution in [0.2, 0.25) is 0 Å². The number of hydrogen-bond donors (Lipinski definition) is 1. The Morgan fingerprint density at radius 2 is 2.12 bits per heavy atom. The van der Waals surface area contributed by atoms with Gasteiger partial charge in [-0.25, -0.2) is 0 Å². The Labute approximate surface area is 102 Å². The Hall–Kier alpha value is -1.34. The molecule has 2 aliphatic rings. The van der Waals surface area contributed by atoms with Gasteiger partial charge in [0.1, 0.15) is 11.8 Å². The lowest BCUT2D eigenvalue weighted by Crippen LogP contribution is -2.23. The van der Waals surface area contributed by atoms with Crippen LogP contribution in [-0.2, 0) is 13.0 Å². The number of fused-ring (bicyclic) bond motifs is 1. The number of rotatable bonds is 1. The maximum absolute atomic E-state index is 9.36. The van der Waals surface area contributed by atoms with E-state index in [-0.39, 0.29) is 0 Å². The maximum atomic E-state index is 9.36. The van der Waals surface area contributed by atoms with E-state index in [4.69, 9.17) is 5.10 Å². The molecular weight excluding hydrogens is 212 g/mol. The summed E-state index contributed by atoms with van der Waals surface area (Å²) in [4.78, 5) is 0. The van der Waals surface area contributed by atoms with Crippen LogP contribution in [0.25, 0.3) is 0 Å². The lowest BCUT2D eigenvalue weighted by Gasteiger charge is -2.22. The molecule has 1 aliphatic carbocycles. The minimum atomic E-state index is 0.462. The molecule has 0 radical (unpaired) electrons. The van der Waals surface area contributed by atoms with Crippen LogP contribution < -0.4 is 5.32 Å². The first kappa shape index (κ1) is 10.8. The van der Waals surface area contributed by atoms with Gasteiger partial charge in [-0.1, -0.05) is 19.3 Å². The summed E-state index contributed by atoms with van der Waals surface area (Å²) in [6, 6.07) is 2.82. The first-order valence-corrected chi connectivity index (χ1v) is 6.61. The van der Waals surface area contributed by atoms with Crippen molar-refractivity contribution < 1.29 is 0 Å². The summed E-state index contributed by atoms with van der Waals surface area (Å²) in [6.45, 7) is 1.80. The van der Waals surface area contributed by atoms with Crippen molar-refractivity contribution in [1.82, 2.24) is 15.1 Å². The fourth-order valence-corrected chi connectivity index (χ4v) is 3.03. The van der Waals surface area contributed by atoms with Crippen molar-refractivity contribution in [2.75, 3.05) is 6.54 Å². The number of nitrogens with one attached hydrogen (secondary N) is 1. The first-order valence-electron chi connectivity index (χ1n) is 6.61. The van der Waals surface area contributed by atoms with E-state index in [9.17, 15) is 5.26 Å². The van der Waals surface area contributed by atoms with Crippen LogP contribution in [0.4, 0.5) is 0 Å². The molecule has 1 aliphatic heterocycles. The highest BCUT2D eigenvalue weighted by Gasteiger charge is 2.25. The van der Waals surface area contributed by atoms with E-state index in [1.807, 2.05) is 4.68 Å². The lowest BCUT2D eigenvalue weighted by atomic mass is 9.95. The van der Waals surface area contributed by atoms with Crippen molar-refractivity contribution in [2.24, 2.45) is 0 Å². The number of aromatic nitrogens is 2. The second-order valence-electron chi connectivity index (χ2n) is 5.05. The van der Waals surface area contributed by atoms with Crippen LogP contribution in [0, 0.1) is 11.3 Å². The quantitative estimate of drug-likeness (QED) is 0.801. The molecule has 1 aromatic heterocycles. The fourth-order valence-electron chi connectivity index (χ4n) is 3.03. The summed E-state index contributed by atoms with van der Waals surface area (Å²) in [6.07, 6.45) is 7.21. The van der Waals surface area contributed by atoms with Crippen LogP contribution in [0.5, 0.6) is 0 Å². The zero-order valence-corrected chi connectivity index (χ0v) is 10.1. The van der Waals surface area contributed by atoms with Crippen molar-refractivity contribution in [3.8, 4) is 6.07 Å². The number of nitriles is 1. The summed E-state index contributed by atoms with van der Waals surface area (Å²) in [5.41, 5.74) is 3.09. The molecule has 90 valence electrons. The summed E-state index contributed by atoms with van der Waals surface area (Å²) in [7, 11) is 0. The molecule has 3 rings (SSSR count). The van der Waals surface area contributed by atoms with Crippen molar-refractivity contribution in [2.45, 2.75) is 51.1 Å². The molecule has 4 heteroatoms. The third-order valence-electron chi connectivity index (χ3n) is 3.96. The summed E-state index contributed by atoms with van der Waals surface area (Å²) in [5.74, 6) is 0.